The van der Waals surface area contributed by atoms with E-state index in [9.17, 15) is 4.79 Å². The Morgan fingerprint density at radius 1 is 1.62 bits per heavy atom. The molecule has 0 spiro atoms. The first kappa shape index (κ1) is 13.1. The number of nitrogens with two attached hydrogens (primary N) is 1. The van der Waals surface area contributed by atoms with E-state index in [2.05, 4.69) is 4.98 Å². The Hall–Kier alpha value is -0.930. The van der Waals surface area contributed by atoms with Crippen molar-refractivity contribution in [2.24, 2.45) is 11.7 Å². The van der Waals surface area contributed by atoms with E-state index in [1.807, 2.05) is 6.92 Å². The van der Waals surface area contributed by atoms with Gasteiger partial charge in [0.05, 0.1) is 5.02 Å². The second-order valence-corrected chi connectivity index (χ2v) is 4.35. The number of Topliss-reactive ketones (excluding diaryl/α,β-unsaturated/α-hetero) is 1. The van der Waals surface area contributed by atoms with E-state index in [-0.39, 0.29) is 11.7 Å². The fraction of sp³-hybridized carbons (Fsp3) is 0.500. The first-order valence-electron chi connectivity index (χ1n) is 5.46. The summed E-state index contributed by atoms with van der Waals surface area (Å²) in [4.78, 5) is 15.7. The molecule has 4 heteroatoms. The molecule has 88 valence electrons. The minimum absolute atomic E-state index is 0.0489. The van der Waals surface area contributed by atoms with Crippen LogP contribution in [0.3, 0.4) is 0 Å². The number of rotatable bonds is 6. The number of nitrogens with zero attached hydrogens (tertiary/aromatic N) is 1. The van der Waals surface area contributed by atoms with Gasteiger partial charge in [0.1, 0.15) is 5.78 Å². The van der Waals surface area contributed by atoms with Crippen LogP contribution in [0.15, 0.2) is 18.5 Å². The van der Waals surface area contributed by atoms with E-state index < -0.39 is 0 Å². The highest BCUT2D eigenvalue weighted by atomic mass is 35.5. The van der Waals surface area contributed by atoms with Gasteiger partial charge in [-0.25, -0.2) is 0 Å². The lowest BCUT2D eigenvalue weighted by Gasteiger charge is -2.10. The van der Waals surface area contributed by atoms with Gasteiger partial charge in [0.15, 0.2) is 0 Å². The molecule has 0 saturated carbocycles. The van der Waals surface area contributed by atoms with Crippen LogP contribution < -0.4 is 5.73 Å². The Morgan fingerprint density at radius 2 is 2.38 bits per heavy atom. The van der Waals surface area contributed by atoms with Crippen LogP contribution in [0.4, 0.5) is 0 Å². The fourth-order valence-corrected chi connectivity index (χ4v) is 1.68. The minimum atomic E-state index is 0.0489. The standard InChI is InChI=1S/C12H17ClN2O/c1-9(3-2-5-14)12(16)7-10-4-6-15-8-11(10)13/h4,6,8-9H,2-3,5,7,14H2,1H3. The SMILES string of the molecule is CC(CCCN)C(=O)Cc1ccncc1Cl. The third kappa shape index (κ3) is 3.91. The van der Waals surface area contributed by atoms with Crippen molar-refractivity contribution in [3.63, 3.8) is 0 Å². The van der Waals surface area contributed by atoms with Gasteiger partial charge < -0.3 is 5.73 Å². The van der Waals surface area contributed by atoms with Gasteiger partial charge in [0.2, 0.25) is 0 Å². The van der Waals surface area contributed by atoms with Crippen molar-refractivity contribution < 1.29 is 4.79 Å². The number of pyridine rings is 1. The summed E-state index contributed by atoms with van der Waals surface area (Å²) in [5, 5.41) is 0.557. The second-order valence-electron chi connectivity index (χ2n) is 3.94. The summed E-state index contributed by atoms with van der Waals surface area (Å²) in [5.74, 6) is 0.259. The number of aromatic nitrogens is 1. The summed E-state index contributed by atoms with van der Waals surface area (Å²) in [5.41, 5.74) is 6.26. The fourth-order valence-electron chi connectivity index (χ4n) is 1.49. The molecule has 1 rings (SSSR count). The van der Waals surface area contributed by atoms with Gasteiger partial charge in [-0.15, -0.1) is 0 Å². The van der Waals surface area contributed by atoms with Gasteiger partial charge in [0, 0.05) is 24.7 Å². The molecule has 0 aromatic carbocycles. The Bertz CT molecular complexity index is 355. The highest BCUT2D eigenvalue weighted by Gasteiger charge is 2.14. The van der Waals surface area contributed by atoms with Crippen molar-refractivity contribution in [2.75, 3.05) is 6.54 Å². The molecule has 0 radical (unpaired) electrons. The third-order valence-electron chi connectivity index (χ3n) is 2.61. The van der Waals surface area contributed by atoms with E-state index in [0.29, 0.717) is 18.0 Å². The smallest absolute Gasteiger partial charge is 0.140 e. The van der Waals surface area contributed by atoms with Crippen LogP contribution in [0, 0.1) is 5.92 Å². The predicted octanol–water partition coefficient (Wildman–Crippen LogP) is 2.22. The highest BCUT2D eigenvalue weighted by molar-refractivity contribution is 6.31. The maximum atomic E-state index is 11.9. The molecule has 3 nitrogen and oxygen atoms in total. The van der Waals surface area contributed by atoms with Crippen LogP contribution in [0.5, 0.6) is 0 Å². The molecule has 1 heterocycles. The molecule has 1 aromatic rings. The summed E-state index contributed by atoms with van der Waals surface area (Å²) >= 11 is 5.94. The molecule has 0 fully saturated rings. The monoisotopic (exact) mass is 240 g/mol. The first-order valence-corrected chi connectivity index (χ1v) is 5.84. The molecule has 0 aliphatic heterocycles. The lowest BCUT2D eigenvalue weighted by molar-refractivity contribution is -0.121. The predicted molar refractivity (Wildman–Crippen MR) is 65.4 cm³/mol. The molecule has 0 saturated heterocycles. The van der Waals surface area contributed by atoms with E-state index in [1.165, 1.54) is 0 Å². The molecule has 0 aliphatic carbocycles. The van der Waals surface area contributed by atoms with Crippen molar-refractivity contribution in [2.45, 2.75) is 26.2 Å². The van der Waals surface area contributed by atoms with E-state index >= 15 is 0 Å². The lowest BCUT2D eigenvalue weighted by Crippen LogP contribution is -2.15. The van der Waals surface area contributed by atoms with Crippen molar-refractivity contribution in [1.82, 2.24) is 4.98 Å². The zero-order valence-corrected chi connectivity index (χ0v) is 10.2. The van der Waals surface area contributed by atoms with Crippen molar-refractivity contribution in [3.8, 4) is 0 Å². The number of ketones is 1. The summed E-state index contributed by atoms with van der Waals surface area (Å²) in [6.07, 6.45) is 5.33. The van der Waals surface area contributed by atoms with Crippen LogP contribution in [-0.2, 0) is 11.2 Å². The number of carbonyl (C=O) groups excluding carboxylic acids is 1. The average molecular weight is 241 g/mol. The molecule has 0 amide bonds. The van der Waals surface area contributed by atoms with Crippen molar-refractivity contribution >= 4 is 17.4 Å². The molecule has 1 atom stereocenters. The quantitative estimate of drug-likeness (QED) is 0.830. The molecule has 1 aromatic heterocycles. The van der Waals surface area contributed by atoms with Gasteiger partial charge in [-0.1, -0.05) is 18.5 Å². The zero-order chi connectivity index (χ0) is 12.0. The number of carbonyl (C=O) groups is 1. The maximum absolute atomic E-state index is 11.9. The number of hydrogen-bond acceptors (Lipinski definition) is 3. The van der Waals surface area contributed by atoms with Crippen LogP contribution in [-0.4, -0.2) is 17.3 Å². The van der Waals surface area contributed by atoms with Crippen LogP contribution in [0.2, 0.25) is 5.02 Å². The Kier molecular flexibility index (Phi) is 5.43. The van der Waals surface area contributed by atoms with E-state index in [0.717, 1.165) is 18.4 Å². The largest absolute Gasteiger partial charge is 0.330 e. The van der Waals surface area contributed by atoms with Crippen molar-refractivity contribution in [1.29, 1.82) is 0 Å². The van der Waals surface area contributed by atoms with Gasteiger partial charge in [-0.3, -0.25) is 9.78 Å². The molecule has 1 unspecified atom stereocenters. The third-order valence-corrected chi connectivity index (χ3v) is 2.95. The van der Waals surface area contributed by atoms with Crippen molar-refractivity contribution in [3.05, 3.63) is 29.0 Å². The topological polar surface area (TPSA) is 56.0 Å². The second kappa shape index (κ2) is 6.61. The summed E-state index contributed by atoms with van der Waals surface area (Å²) in [6.45, 7) is 2.57. The van der Waals surface area contributed by atoms with Gasteiger partial charge in [-0.2, -0.15) is 0 Å². The Morgan fingerprint density at radius 3 is 3.00 bits per heavy atom. The van der Waals surface area contributed by atoms with Gasteiger partial charge in [-0.05, 0) is 31.0 Å². The maximum Gasteiger partial charge on any atom is 0.140 e. The first-order chi connectivity index (χ1) is 7.65. The van der Waals surface area contributed by atoms with Crippen LogP contribution in [0.25, 0.3) is 0 Å². The lowest BCUT2D eigenvalue weighted by atomic mass is 9.96. The van der Waals surface area contributed by atoms with E-state index in [4.69, 9.17) is 17.3 Å². The van der Waals surface area contributed by atoms with Gasteiger partial charge >= 0.3 is 0 Å². The molecule has 16 heavy (non-hydrogen) atoms. The molecule has 0 aliphatic rings. The summed E-state index contributed by atoms with van der Waals surface area (Å²) < 4.78 is 0. The molecule has 0 bridgehead atoms. The summed E-state index contributed by atoms with van der Waals surface area (Å²) in [7, 11) is 0. The number of hydrogen-bond donors (Lipinski definition) is 1. The molecular formula is C12H17ClN2O. The average Bonchev–Trinajstić information content (AvgIpc) is 2.28. The summed E-state index contributed by atoms with van der Waals surface area (Å²) in [6, 6.07) is 1.79. The highest BCUT2D eigenvalue weighted by Crippen LogP contribution is 2.17. The molecule has 2 N–H and O–H groups in total. The Balaban J connectivity index is 2.54. The van der Waals surface area contributed by atoms with Gasteiger partial charge in [0.25, 0.3) is 0 Å². The Labute approximate surface area is 101 Å². The van der Waals surface area contributed by atoms with E-state index in [1.54, 1.807) is 18.5 Å². The molecular weight excluding hydrogens is 224 g/mol. The van der Waals surface area contributed by atoms with Crippen LogP contribution in [0.1, 0.15) is 25.3 Å². The number of halogens is 1. The minimum Gasteiger partial charge on any atom is -0.330 e. The zero-order valence-electron chi connectivity index (χ0n) is 9.45. The normalized spacial score (nSPS) is 12.4. The van der Waals surface area contributed by atoms with Crippen LogP contribution >= 0.6 is 11.6 Å².